The van der Waals surface area contributed by atoms with Crippen LogP contribution >= 0.6 is 0 Å². The number of nitriles is 1. The summed E-state index contributed by atoms with van der Waals surface area (Å²) in [6.45, 7) is 3.22. The summed E-state index contributed by atoms with van der Waals surface area (Å²) in [6.07, 6.45) is 5.72. The molecule has 0 spiro atoms. The van der Waals surface area contributed by atoms with Gasteiger partial charge in [-0.15, -0.1) is 5.10 Å². The van der Waals surface area contributed by atoms with Crippen molar-refractivity contribution in [2.75, 3.05) is 24.6 Å². The van der Waals surface area contributed by atoms with Crippen molar-refractivity contribution in [3.05, 3.63) is 72.2 Å². The van der Waals surface area contributed by atoms with Crippen molar-refractivity contribution in [3.8, 4) is 22.9 Å². The number of nitrogens with one attached hydrogen (secondary N) is 2. The van der Waals surface area contributed by atoms with Gasteiger partial charge in [-0.25, -0.2) is 18.3 Å². The highest BCUT2D eigenvalue weighted by molar-refractivity contribution is 6.01. The van der Waals surface area contributed by atoms with Crippen LogP contribution in [0.3, 0.4) is 0 Å². The number of hydrogen-bond donors (Lipinski definition) is 2. The number of ether oxygens (including phenoxy) is 1. The van der Waals surface area contributed by atoms with E-state index in [9.17, 15) is 18.8 Å². The molecule has 2 N–H and O–H groups in total. The van der Waals surface area contributed by atoms with Crippen molar-refractivity contribution in [1.82, 2.24) is 30.1 Å². The average molecular weight is 543 g/mol. The highest BCUT2D eigenvalue weighted by Crippen LogP contribution is 2.33. The number of pyridine rings is 2. The molecule has 0 aliphatic carbocycles. The van der Waals surface area contributed by atoms with E-state index in [0.29, 0.717) is 43.3 Å². The molecule has 1 amide bonds. The molecule has 1 saturated heterocycles. The van der Waals surface area contributed by atoms with Crippen molar-refractivity contribution in [3.63, 3.8) is 0 Å². The number of anilines is 1. The van der Waals surface area contributed by atoms with E-state index < -0.39 is 35.1 Å². The number of halogens is 2. The first kappa shape index (κ1) is 25.2. The Bertz CT molecular complexity index is 1740. The van der Waals surface area contributed by atoms with Gasteiger partial charge >= 0.3 is 0 Å². The number of piperidine rings is 1. The van der Waals surface area contributed by atoms with Crippen LogP contribution in [0.25, 0.3) is 27.7 Å². The second-order valence-corrected chi connectivity index (χ2v) is 9.50. The van der Waals surface area contributed by atoms with Gasteiger partial charge in [-0.1, -0.05) is 6.07 Å². The lowest BCUT2D eigenvalue weighted by Crippen LogP contribution is -2.51. The molecule has 0 saturated carbocycles. The van der Waals surface area contributed by atoms with Crippen LogP contribution in [0.4, 0.5) is 14.6 Å². The number of aromatic nitrogens is 5. The number of aromatic amines is 1. The van der Waals surface area contributed by atoms with Crippen molar-refractivity contribution in [2.24, 2.45) is 5.92 Å². The standard InChI is InChI=1S/C28H24F2N8O2/c1-2-40-18-10-19(26-20-13-33-35-27(20)36-38(26)15-18)16-6-7-24(32-12-16)37-9-8-23(17(11-31)14-37)34-28(39)25-21(29)4-3-5-22(25)30/h3-7,10,12-13,15,17,23H,2,8-9,14H2,1H3,(H,34,39)(H,35,36)/t17-,23+/m1/s1. The fourth-order valence-electron chi connectivity index (χ4n) is 5.16. The SMILES string of the molecule is CCOc1cc(-c2ccc(N3CC[C@H](NC(=O)c4c(F)cccc4F)[C@H](C#N)C3)nc2)c2c3cn[nH]c3nn2c1. The number of fused-ring (bicyclic) bond motifs is 3. The molecular formula is C28H24F2N8O2. The third-order valence-corrected chi connectivity index (χ3v) is 7.08. The Hall–Kier alpha value is -5.05. The molecule has 6 rings (SSSR count). The van der Waals surface area contributed by atoms with E-state index in [0.717, 1.165) is 34.2 Å². The Labute approximate surface area is 227 Å². The fraction of sp³-hybridized carbons (Fsp3) is 0.250. The fourth-order valence-corrected chi connectivity index (χ4v) is 5.16. The maximum absolute atomic E-state index is 14.1. The van der Waals surface area contributed by atoms with E-state index in [2.05, 4.69) is 31.7 Å². The Morgan fingerprint density at radius 2 is 2.08 bits per heavy atom. The largest absolute Gasteiger partial charge is 0.492 e. The third kappa shape index (κ3) is 4.45. The quantitative estimate of drug-likeness (QED) is 0.331. The van der Waals surface area contributed by atoms with Crippen molar-refractivity contribution in [1.29, 1.82) is 5.26 Å². The van der Waals surface area contributed by atoms with Crippen LogP contribution in [0.2, 0.25) is 0 Å². The maximum Gasteiger partial charge on any atom is 0.257 e. The lowest BCUT2D eigenvalue weighted by molar-refractivity contribution is 0.0914. The normalized spacial score (nSPS) is 17.2. The first-order chi connectivity index (χ1) is 19.5. The van der Waals surface area contributed by atoms with Crippen LogP contribution < -0.4 is 15.0 Å². The maximum atomic E-state index is 14.1. The highest BCUT2D eigenvalue weighted by Gasteiger charge is 2.32. The summed E-state index contributed by atoms with van der Waals surface area (Å²) in [5, 5.41) is 24.9. The number of rotatable bonds is 6. The number of carbonyl (C=O) groups is 1. The van der Waals surface area contributed by atoms with E-state index in [1.54, 1.807) is 16.9 Å². The molecule has 40 heavy (non-hydrogen) atoms. The van der Waals surface area contributed by atoms with Gasteiger partial charge in [0.15, 0.2) is 5.65 Å². The summed E-state index contributed by atoms with van der Waals surface area (Å²) in [5.41, 5.74) is 2.62. The van der Waals surface area contributed by atoms with Crippen molar-refractivity contribution in [2.45, 2.75) is 19.4 Å². The summed E-state index contributed by atoms with van der Waals surface area (Å²) in [4.78, 5) is 19.2. The predicted octanol–water partition coefficient (Wildman–Crippen LogP) is 4.10. The Morgan fingerprint density at radius 3 is 2.80 bits per heavy atom. The van der Waals surface area contributed by atoms with Gasteiger partial charge < -0.3 is 15.0 Å². The van der Waals surface area contributed by atoms with E-state index >= 15 is 0 Å². The highest BCUT2D eigenvalue weighted by atomic mass is 19.1. The van der Waals surface area contributed by atoms with Crippen LogP contribution in [0.5, 0.6) is 5.75 Å². The number of H-pyrrole nitrogens is 1. The van der Waals surface area contributed by atoms with Gasteiger partial charge in [-0.05, 0) is 43.7 Å². The summed E-state index contributed by atoms with van der Waals surface area (Å²) in [5.74, 6) is -2.01. The molecule has 1 aliphatic heterocycles. The van der Waals surface area contributed by atoms with Gasteiger partial charge in [-0.2, -0.15) is 10.4 Å². The Kier molecular flexibility index (Phi) is 6.47. The zero-order valence-electron chi connectivity index (χ0n) is 21.4. The second kappa shape index (κ2) is 10.3. The average Bonchev–Trinajstić information content (AvgIpc) is 3.54. The van der Waals surface area contributed by atoms with Gasteiger partial charge in [0.25, 0.3) is 5.91 Å². The topological polar surface area (TPSA) is 124 Å². The summed E-state index contributed by atoms with van der Waals surface area (Å²) in [6, 6.07) is 10.7. The van der Waals surface area contributed by atoms with Gasteiger partial charge in [0.05, 0.1) is 41.9 Å². The van der Waals surface area contributed by atoms with Gasteiger partial charge in [0.1, 0.15) is 28.8 Å². The Morgan fingerprint density at radius 1 is 1.25 bits per heavy atom. The minimum Gasteiger partial charge on any atom is -0.492 e. The molecule has 10 nitrogen and oxygen atoms in total. The Balaban J connectivity index is 1.22. The van der Waals surface area contributed by atoms with Gasteiger partial charge in [0.2, 0.25) is 0 Å². The summed E-state index contributed by atoms with van der Waals surface area (Å²) in [7, 11) is 0. The van der Waals surface area contributed by atoms with Crippen LogP contribution in [0.1, 0.15) is 23.7 Å². The second-order valence-electron chi connectivity index (χ2n) is 9.50. The molecule has 4 aromatic heterocycles. The molecule has 202 valence electrons. The lowest BCUT2D eigenvalue weighted by Gasteiger charge is -2.36. The minimum atomic E-state index is -0.943. The zero-order chi connectivity index (χ0) is 27.8. The van der Waals surface area contributed by atoms with E-state index in [-0.39, 0.29) is 0 Å². The van der Waals surface area contributed by atoms with Gasteiger partial charge in [-0.3, -0.25) is 9.89 Å². The van der Waals surface area contributed by atoms with Gasteiger partial charge in [0, 0.05) is 36.5 Å². The first-order valence-electron chi connectivity index (χ1n) is 12.8. The molecule has 0 bridgehead atoms. The molecule has 2 atom stereocenters. The predicted molar refractivity (Wildman–Crippen MR) is 143 cm³/mol. The summed E-state index contributed by atoms with van der Waals surface area (Å²) < 4.78 is 35.6. The van der Waals surface area contributed by atoms with Crippen LogP contribution in [-0.4, -0.2) is 56.4 Å². The van der Waals surface area contributed by atoms with Crippen LogP contribution in [-0.2, 0) is 0 Å². The molecule has 1 aromatic carbocycles. The number of nitrogens with zero attached hydrogens (tertiary/aromatic N) is 6. The smallest absolute Gasteiger partial charge is 0.257 e. The molecule has 5 heterocycles. The lowest BCUT2D eigenvalue weighted by atomic mass is 9.92. The number of carbonyl (C=O) groups excluding carboxylic acids is 1. The van der Waals surface area contributed by atoms with Crippen LogP contribution in [0, 0.1) is 28.9 Å². The van der Waals surface area contributed by atoms with Crippen molar-refractivity contribution < 1.29 is 18.3 Å². The molecule has 1 aliphatic rings. The number of amides is 1. The van der Waals surface area contributed by atoms with E-state index in [1.807, 2.05) is 36.2 Å². The third-order valence-electron chi connectivity index (χ3n) is 7.08. The molecule has 5 aromatic rings. The number of benzene rings is 1. The number of hydrogen-bond acceptors (Lipinski definition) is 7. The minimum absolute atomic E-state index is 0.301. The molecule has 0 unspecified atom stereocenters. The summed E-state index contributed by atoms with van der Waals surface area (Å²) >= 11 is 0. The molecule has 1 fully saturated rings. The molecule has 12 heteroatoms. The molecular weight excluding hydrogens is 518 g/mol. The van der Waals surface area contributed by atoms with E-state index in [1.165, 1.54) is 6.07 Å². The first-order valence-corrected chi connectivity index (χ1v) is 12.8. The van der Waals surface area contributed by atoms with E-state index in [4.69, 9.17) is 4.74 Å². The monoisotopic (exact) mass is 542 g/mol. The van der Waals surface area contributed by atoms with Crippen LogP contribution in [0.15, 0.2) is 55.0 Å². The molecule has 0 radical (unpaired) electrons. The zero-order valence-corrected chi connectivity index (χ0v) is 21.4. The van der Waals surface area contributed by atoms with Crippen molar-refractivity contribution >= 4 is 28.3 Å².